The van der Waals surface area contributed by atoms with Crippen LogP contribution >= 0.6 is 0 Å². The SMILES string of the molecule is CC(C)NCCCCCCN1CCS(=O)CC1. The molecule has 102 valence electrons. The van der Waals surface area contributed by atoms with Gasteiger partial charge >= 0.3 is 0 Å². The molecule has 17 heavy (non-hydrogen) atoms. The van der Waals surface area contributed by atoms with Gasteiger partial charge in [-0.05, 0) is 25.9 Å². The fraction of sp³-hybridized carbons (Fsp3) is 1.00. The van der Waals surface area contributed by atoms with E-state index in [0.29, 0.717) is 6.04 Å². The van der Waals surface area contributed by atoms with Crippen molar-refractivity contribution in [3.63, 3.8) is 0 Å². The van der Waals surface area contributed by atoms with E-state index < -0.39 is 10.8 Å². The first-order chi connectivity index (χ1) is 8.18. The molecule has 0 aliphatic carbocycles. The lowest BCUT2D eigenvalue weighted by molar-refractivity contribution is 0.291. The van der Waals surface area contributed by atoms with Gasteiger partial charge in [-0.25, -0.2) is 0 Å². The lowest BCUT2D eigenvalue weighted by atomic mass is 10.2. The third-order valence-electron chi connectivity index (χ3n) is 3.22. The van der Waals surface area contributed by atoms with E-state index in [4.69, 9.17) is 0 Å². The normalized spacial score (nSPS) is 19.0. The lowest BCUT2D eigenvalue weighted by Gasteiger charge is -2.25. The van der Waals surface area contributed by atoms with Gasteiger partial charge in [0.05, 0.1) is 0 Å². The molecular formula is C13H28N2OS. The second-order valence-electron chi connectivity index (χ2n) is 5.21. The van der Waals surface area contributed by atoms with Crippen molar-refractivity contribution in [2.24, 2.45) is 0 Å². The Kier molecular flexibility index (Phi) is 8.06. The highest BCUT2D eigenvalue weighted by Gasteiger charge is 2.13. The van der Waals surface area contributed by atoms with E-state index in [1.54, 1.807) is 0 Å². The van der Waals surface area contributed by atoms with E-state index in [2.05, 4.69) is 24.1 Å². The second kappa shape index (κ2) is 9.06. The van der Waals surface area contributed by atoms with Gasteiger partial charge in [0.15, 0.2) is 0 Å². The minimum atomic E-state index is -0.527. The Hall–Kier alpha value is 0.0700. The maximum Gasteiger partial charge on any atom is 0.0363 e. The summed E-state index contributed by atoms with van der Waals surface area (Å²) >= 11 is 0. The molecule has 0 spiro atoms. The summed E-state index contributed by atoms with van der Waals surface area (Å²) in [5, 5.41) is 3.45. The molecule has 0 aromatic rings. The maximum absolute atomic E-state index is 11.2. The van der Waals surface area contributed by atoms with Gasteiger partial charge < -0.3 is 10.2 Å². The Balaban J connectivity index is 1.85. The monoisotopic (exact) mass is 260 g/mol. The van der Waals surface area contributed by atoms with Crippen molar-refractivity contribution in [3.8, 4) is 0 Å². The summed E-state index contributed by atoms with van der Waals surface area (Å²) < 4.78 is 11.2. The van der Waals surface area contributed by atoms with Gasteiger partial charge in [0, 0.05) is 41.4 Å². The molecule has 0 atom stereocenters. The molecule has 1 aliphatic rings. The third-order valence-corrected chi connectivity index (χ3v) is 4.50. The van der Waals surface area contributed by atoms with Crippen LogP contribution < -0.4 is 5.32 Å². The van der Waals surface area contributed by atoms with Crippen molar-refractivity contribution in [1.29, 1.82) is 0 Å². The van der Waals surface area contributed by atoms with Gasteiger partial charge in [-0.3, -0.25) is 4.21 Å². The molecule has 0 aromatic carbocycles. The molecule has 0 unspecified atom stereocenters. The van der Waals surface area contributed by atoms with Crippen LogP contribution in [-0.4, -0.2) is 52.8 Å². The smallest absolute Gasteiger partial charge is 0.0363 e. The average Bonchev–Trinajstić information content (AvgIpc) is 2.30. The summed E-state index contributed by atoms with van der Waals surface area (Å²) in [6.07, 6.45) is 5.26. The van der Waals surface area contributed by atoms with Gasteiger partial charge in [-0.1, -0.05) is 26.7 Å². The first-order valence-electron chi connectivity index (χ1n) is 6.99. The fourth-order valence-electron chi connectivity index (χ4n) is 2.10. The van der Waals surface area contributed by atoms with Gasteiger partial charge in [0.2, 0.25) is 0 Å². The molecule has 1 aliphatic heterocycles. The van der Waals surface area contributed by atoms with Crippen molar-refractivity contribution in [2.75, 3.05) is 37.7 Å². The summed E-state index contributed by atoms with van der Waals surface area (Å²) in [5.41, 5.74) is 0. The Morgan fingerprint density at radius 3 is 2.41 bits per heavy atom. The molecule has 0 saturated carbocycles. The summed E-state index contributed by atoms with van der Waals surface area (Å²) in [7, 11) is -0.527. The zero-order chi connectivity index (χ0) is 12.5. The first kappa shape index (κ1) is 15.1. The zero-order valence-electron chi connectivity index (χ0n) is 11.4. The van der Waals surface area contributed by atoms with Crippen molar-refractivity contribution >= 4 is 10.8 Å². The number of nitrogens with zero attached hydrogens (tertiary/aromatic N) is 1. The molecule has 0 aromatic heterocycles. The van der Waals surface area contributed by atoms with Crippen LogP contribution in [0.1, 0.15) is 39.5 Å². The quantitative estimate of drug-likeness (QED) is 0.673. The minimum absolute atomic E-state index is 0.527. The molecule has 1 fully saturated rings. The highest BCUT2D eigenvalue weighted by Crippen LogP contribution is 2.05. The van der Waals surface area contributed by atoms with Crippen molar-refractivity contribution in [2.45, 2.75) is 45.6 Å². The highest BCUT2D eigenvalue weighted by molar-refractivity contribution is 7.85. The van der Waals surface area contributed by atoms with Gasteiger partial charge in [-0.2, -0.15) is 0 Å². The molecule has 0 radical (unpaired) electrons. The summed E-state index contributed by atoms with van der Waals surface area (Å²) in [6, 6.07) is 0.615. The first-order valence-corrected chi connectivity index (χ1v) is 8.48. The number of unbranched alkanes of at least 4 members (excludes halogenated alkanes) is 3. The van der Waals surface area contributed by atoms with Crippen molar-refractivity contribution < 1.29 is 4.21 Å². The van der Waals surface area contributed by atoms with E-state index in [1.165, 1.54) is 32.2 Å². The van der Waals surface area contributed by atoms with Crippen LogP contribution in [0.25, 0.3) is 0 Å². The molecule has 0 amide bonds. The fourth-order valence-corrected chi connectivity index (χ4v) is 3.23. The zero-order valence-corrected chi connectivity index (χ0v) is 12.2. The Bertz CT molecular complexity index is 211. The van der Waals surface area contributed by atoms with Crippen LogP contribution in [0.3, 0.4) is 0 Å². The number of nitrogens with one attached hydrogen (secondary N) is 1. The van der Waals surface area contributed by atoms with Crippen LogP contribution in [0.2, 0.25) is 0 Å². The molecule has 0 bridgehead atoms. The molecule has 1 N–H and O–H groups in total. The largest absolute Gasteiger partial charge is 0.315 e. The van der Waals surface area contributed by atoms with E-state index in [1.807, 2.05) is 0 Å². The lowest BCUT2D eigenvalue weighted by Crippen LogP contribution is -2.38. The van der Waals surface area contributed by atoms with Crippen molar-refractivity contribution in [1.82, 2.24) is 10.2 Å². The Labute approximate surface area is 109 Å². The topological polar surface area (TPSA) is 32.3 Å². The van der Waals surface area contributed by atoms with Gasteiger partial charge in [0.1, 0.15) is 0 Å². The number of hydrogen-bond acceptors (Lipinski definition) is 3. The molecule has 3 nitrogen and oxygen atoms in total. The van der Waals surface area contributed by atoms with Gasteiger partial charge in [0.25, 0.3) is 0 Å². The summed E-state index contributed by atoms with van der Waals surface area (Å²) in [6.45, 7) is 8.83. The van der Waals surface area contributed by atoms with Crippen LogP contribution in [0.5, 0.6) is 0 Å². The van der Waals surface area contributed by atoms with E-state index in [9.17, 15) is 4.21 Å². The van der Waals surface area contributed by atoms with Crippen molar-refractivity contribution in [3.05, 3.63) is 0 Å². The van der Waals surface area contributed by atoms with Crippen LogP contribution in [-0.2, 0) is 10.8 Å². The Morgan fingerprint density at radius 1 is 1.12 bits per heavy atom. The molecule has 1 saturated heterocycles. The third kappa shape index (κ3) is 7.90. The van der Waals surface area contributed by atoms with E-state index in [-0.39, 0.29) is 0 Å². The van der Waals surface area contributed by atoms with Crippen LogP contribution in [0, 0.1) is 0 Å². The predicted molar refractivity (Wildman–Crippen MR) is 75.9 cm³/mol. The summed E-state index contributed by atoms with van der Waals surface area (Å²) in [5.74, 6) is 1.77. The van der Waals surface area contributed by atoms with E-state index in [0.717, 1.165) is 31.1 Å². The average molecular weight is 260 g/mol. The van der Waals surface area contributed by atoms with Crippen LogP contribution in [0.4, 0.5) is 0 Å². The maximum atomic E-state index is 11.2. The van der Waals surface area contributed by atoms with E-state index >= 15 is 0 Å². The molecule has 4 heteroatoms. The van der Waals surface area contributed by atoms with Gasteiger partial charge in [-0.15, -0.1) is 0 Å². The second-order valence-corrected chi connectivity index (χ2v) is 6.91. The molecule has 1 rings (SSSR count). The summed E-state index contributed by atoms with van der Waals surface area (Å²) in [4.78, 5) is 2.47. The van der Waals surface area contributed by atoms with Crippen LogP contribution in [0.15, 0.2) is 0 Å². The Morgan fingerprint density at radius 2 is 1.76 bits per heavy atom. The molecule has 1 heterocycles. The standard InChI is InChI=1S/C13H28N2OS/c1-13(2)14-7-5-3-4-6-8-15-9-11-17(16)12-10-15/h13-14H,3-12H2,1-2H3. The minimum Gasteiger partial charge on any atom is -0.315 e. The highest BCUT2D eigenvalue weighted by atomic mass is 32.2. The predicted octanol–water partition coefficient (Wildman–Crippen LogP) is 1.61. The molecular weight excluding hydrogens is 232 g/mol. The number of hydrogen-bond donors (Lipinski definition) is 1. The number of rotatable bonds is 8.